The number of nitrogens with zero attached hydrogens (tertiary/aromatic N) is 6. The molecule has 154 valence electrons. The van der Waals surface area contributed by atoms with Gasteiger partial charge in [0.1, 0.15) is 11.4 Å². The van der Waals surface area contributed by atoms with Crippen molar-refractivity contribution < 1.29 is 19.4 Å². The SMILES string of the molecule is CC(C)n1nnnc1SCC1=C(OC(=O)O)N2C(=O)C(Nc3ncc[nH]3)[C@@H]2SC1. The standard InChI is InChI=1S/C15H18N8O4S2/c1-7(2)23-14(19-20-21-23)29-6-8-5-28-12-9(18-13-16-3-4-17-13)10(24)22(12)11(8)27-15(25)26/h3-4,7,9,12H,5-6H2,1-2H3,(H,25,26)(H2,16,17,18)/t9?,12-/m0/s1. The lowest BCUT2D eigenvalue weighted by atomic mass is 10.1. The van der Waals surface area contributed by atoms with Crippen molar-refractivity contribution in [2.75, 3.05) is 16.8 Å². The molecule has 1 fully saturated rings. The highest BCUT2D eigenvalue weighted by Crippen LogP contribution is 2.42. The summed E-state index contributed by atoms with van der Waals surface area (Å²) in [7, 11) is 0. The number of anilines is 1. The number of carboxylic acid groups (broad SMARTS) is 1. The lowest BCUT2D eigenvalue weighted by molar-refractivity contribution is -0.143. The first-order valence-electron chi connectivity index (χ1n) is 8.69. The van der Waals surface area contributed by atoms with Gasteiger partial charge in [0.25, 0.3) is 5.91 Å². The van der Waals surface area contributed by atoms with E-state index in [0.29, 0.717) is 28.2 Å². The maximum absolute atomic E-state index is 12.7. The van der Waals surface area contributed by atoms with E-state index in [-0.39, 0.29) is 23.2 Å². The van der Waals surface area contributed by atoms with Crippen molar-refractivity contribution in [3.05, 3.63) is 23.8 Å². The van der Waals surface area contributed by atoms with Gasteiger partial charge in [0, 0.05) is 29.5 Å². The van der Waals surface area contributed by atoms with E-state index in [1.165, 1.54) is 28.4 Å². The van der Waals surface area contributed by atoms with E-state index in [1.54, 1.807) is 17.1 Å². The molecule has 3 N–H and O–H groups in total. The molecule has 4 rings (SSSR count). The number of amides is 1. The molecule has 0 bridgehead atoms. The van der Waals surface area contributed by atoms with Gasteiger partial charge in [0.05, 0.1) is 6.04 Å². The number of tetrazole rings is 1. The molecule has 1 amide bonds. The summed E-state index contributed by atoms with van der Waals surface area (Å²) >= 11 is 2.90. The molecule has 2 aromatic rings. The molecule has 14 heteroatoms. The maximum atomic E-state index is 12.7. The monoisotopic (exact) mass is 438 g/mol. The molecule has 29 heavy (non-hydrogen) atoms. The Labute approximate surface area is 173 Å². The van der Waals surface area contributed by atoms with E-state index >= 15 is 0 Å². The van der Waals surface area contributed by atoms with Gasteiger partial charge in [-0.2, -0.15) is 0 Å². The zero-order valence-corrected chi connectivity index (χ0v) is 17.1. The lowest BCUT2D eigenvalue weighted by Gasteiger charge is -2.49. The largest absolute Gasteiger partial charge is 0.512 e. The Morgan fingerprint density at radius 2 is 2.38 bits per heavy atom. The smallest absolute Gasteiger partial charge is 0.449 e. The molecule has 0 radical (unpaired) electrons. The summed E-state index contributed by atoms with van der Waals surface area (Å²) in [5, 5.41) is 24.2. The van der Waals surface area contributed by atoms with E-state index in [0.717, 1.165) is 0 Å². The molecule has 2 atom stereocenters. The zero-order chi connectivity index (χ0) is 20.5. The fourth-order valence-corrected chi connectivity index (χ4v) is 5.41. The summed E-state index contributed by atoms with van der Waals surface area (Å²) in [5.74, 6) is 1.19. The number of aromatic nitrogens is 6. The van der Waals surface area contributed by atoms with Gasteiger partial charge in [0.15, 0.2) is 0 Å². The van der Waals surface area contributed by atoms with Gasteiger partial charge in [-0.15, -0.1) is 16.9 Å². The van der Waals surface area contributed by atoms with Crippen molar-refractivity contribution in [1.82, 2.24) is 35.1 Å². The number of hydrogen-bond acceptors (Lipinski definition) is 10. The molecular weight excluding hydrogens is 420 g/mol. The van der Waals surface area contributed by atoms with Crippen LogP contribution in [0.5, 0.6) is 0 Å². The Hall–Kier alpha value is -2.74. The number of rotatable bonds is 7. The van der Waals surface area contributed by atoms with Crippen molar-refractivity contribution in [2.24, 2.45) is 0 Å². The van der Waals surface area contributed by atoms with Crippen LogP contribution in [0.3, 0.4) is 0 Å². The van der Waals surface area contributed by atoms with Crippen molar-refractivity contribution in [3.63, 3.8) is 0 Å². The Bertz CT molecular complexity index is 944. The van der Waals surface area contributed by atoms with Crippen LogP contribution >= 0.6 is 23.5 Å². The summed E-state index contributed by atoms with van der Waals surface area (Å²) < 4.78 is 6.68. The number of carbonyl (C=O) groups is 2. The Kier molecular flexibility index (Phi) is 5.36. The first-order chi connectivity index (χ1) is 14.0. The quantitative estimate of drug-likeness (QED) is 0.326. The van der Waals surface area contributed by atoms with Crippen molar-refractivity contribution >= 4 is 41.5 Å². The molecule has 12 nitrogen and oxygen atoms in total. The molecule has 4 heterocycles. The fourth-order valence-electron chi connectivity index (χ4n) is 2.96. The summed E-state index contributed by atoms with van der Waals surface area (Å²) in [6, 6.07) is -0.423. The second-order valence-electron chi connectivity index (χ2n) is 6.53. The Morgan fingerprint density at radius 1 is 1.55 bits per heavy atom. The molecule has 0 saturated carbocycles. The number of ether oxygens (including phenoxy) is 1. The van der Waals surface area contributed by atoms with Gasteiger partial charge in [-0.3, -0.25) is 9.69 Å². The number of imidazole rings is 1. The minimum absolute atomic E-state index is 0.0693. The topological polar surface area (TPSA) is 151 Å². The van der Waals surface area contributed by atoms with Gasteiger partial charge < -0.3 is 20.1 Å². The number of hydrogen-bond donors (Lipinski definition) is 3. The fraction of sp³-hybridized carbons (Fsp3) is 0.467. The highest BCUT2D eigenvalue weighted by molar-refractivity contribution is 8.01. The summed E-state index contributed by atoms with van der Waals surface area (Å²) in [6.07, 6.45) is 1.77. The third-order valence-electron chi connectivity index (χ3n) is 4.29. The van der Waals surface area contributed by atoms with E-state index in [1.807, 2.05) is 13.8 Å². The van der Waals surface area contributed by atoms with Crippen molar-refractivity contribution in [2.45, 2.75) is 36.5 Å². The van der Waals surface area contributed by atoms with Crippen LogP contribution in [-0.4, -0.2) is 75.2 Å². The Balaban J connectivity index is 1.52. The predicted octanol–water partition coefficient (Wildman–Crippen LogP) is 1.37. The van der Waals surface area contributed by atoms with Gasteiger partial charge >= 0.3 is 6.16 Å². The molecule has 0 spiro atoms. The number of fused-ring (bicyclic) bond motifs is 1. The molecule has 0 aromatic carbocycles. The molecular formula is C15H18N8O4S2. The number of aromatic amines is 1. The first kappa shape index (κ1) is 19.6. The summed E-state index contributed by atoms with van der Waals surface area (Å²) in [5.41, 5.74) is 0.696. The number of nitrogens with one attached hydrogen (secondary N) is 2. The van der Waals surface area contributed by atoms with Crippen LogP contribution in [0, 0.1) is 0 Å². The van der Waals surface area contributed by atoms with Gasteiger partial charge in [0.2, 0.25) is 17.0 Å². The normalized spacial score (nSPS) is 21.2. The van der Waals surface area contributed by atoms with E-state index < -0.39 is 12.2 Å². The third kappa shape index (κ3) is 3.76. The van der Waals surface area contributed by atoms with Gasteiger partial charge in [-0.05, 0) is 24.3 Å². The van der Waals surface area contributed by atoms with Crippen LogP contribution in [0.2, 0.25) is 0 Å². The zero-order valence-electron chi connectivity index (χ0n) is 15.5. The van der Waals surface area contributed by atoms with Crippen molar-refractivity contribution in [1.29, 1.82) is 0 Å². The van der Waals surface area contributed by atoms with E-state index in [9.17, 15) is 9.59 Å². The molecule has 2 aliphatic rings. The highest BCUT2D eigenvalue weighted by Gasteiger charge is 2.53. The second-order valence-corrected chi connectivity index (χ2v) is 8.58. The van der Waals surface area contributed by atoms with Crippen molar-refractivity contribution in [3.8, 4) is 0 Å². The predicted molar refractivity (Wildman–Crippen MR) is 104 cm³/mol. The number of β-lactam (4-membered cyclic amide) rings is 1. The number of thioether (sulfide) groups is 2. The van der Waals surface area contributed by atoms with Gasteiger partial charge in [-0.25, -0.2) is 14.5 Å². The summed E-state index contributed by atoms with van der Waals surface area (Å²) in [6.45, 7) is 3.93. The van der Waals surface area contributed by atoms with Crippen LogP contribution in [0.15, 0.2) is 29.0 Å². The number of carbonyl (C=O) groups excluding carboxylic acids is 1. The average Bonchev–Trinajstić information content (AvgIpc) is 3.35. The van der Waals surface area contributed by atoms with E-state index in [4.69, 9.17) is 9.84 Å². The van der Waals surface area contributed by atoms with Crippen LogP contribution in [0.25, 0.3) is 0 Å². The minimum atomic E-state index is -1.46. The van der Waals surface area contributed by atoms with Crippen LogP contribution in [0.4, 0.5) is 10.7 Å². The van der Waals surface area contributed by atoms with Crippen LogP contribution in [0.1, 0.15) is 19.9 Å². The van der Waals surface area contributed by atoms with Crippen LogP contribution in [-0.2, 0) is 9.53 Å². The molecule has 1 saturated heterocycles. The molecule has 0 aliphatic carbocycles. The lowest BCUT2D eigenvalue weighted by Crippen LogP contribution is -2.67. The van der Waals surface area contributed by atoms with Gasteiger partial charge in [-0.1, -0.05) is 11.8 Å². The minimum Gasteiger partial charge on any atom is -0.449 e. The highest BCUT2D eigenvalue weighted by atomic mass is 32.2. The molecule has 1 unspecified atom stereocenters. The maximum Gasteiger partial charge on any atom is 0.512 e. The second kappa shape index (κ2) is 7.94. The number of H-pyrrole nitrogens is 1. The third-order valence-corrected chi connectivity index (χ3v) is 6.65. The summed E-state index contributed by atoms with van der Waals surface area (Å²) in [4.78, 5) is 32.3. The molecule has 2 aliphatic heterocycles. The first-order valence-corrected chi connectivity index (χ1v) is 10.7. The molecule has 2 aromatic heterocycles. The van der Waals surface area contributed by atoms with Crippen LogP contribution < -0.4 is 5.32 Å². The Morgan fingerprint density at radius 3 is 3.07 bits per heavy atom. The van der Waals surface area contributed by atoms with E-state index in [2.05, 4.69) is 30.8 Å². The average molecular weight is 438 g/mol.